The zero-order valence-corrected chi connectivity index (χ0v) is 7.65. The van der Waals surface area contributed by atoms with E-state index in [1.54, 1.807) is 0 Å². The zero-order chi connectivity index (χ0) is 10.8. The van der Waals surface area contributed by atoms with E-state index in [2.05, 4.69) is 10.3 Å². The number of hydrogen-bond donors (Lipinski definition) is 2. The monoisotopic (exact) mass is 225 g/mol. The molecule has 1 aromatic rings. The molecule has 1 heterocycles. The van der Waals surface area contributed by atoms with Crippen LogP contribution in [0.25, 0.3) is 0 Å². The van der Waals surface area contributed by atoms with Crippen molar-refractivity contribution in [2.45, 2.75) is 6.18 Å². The Balaban J connectivity index is 2.72. The summed E-state index contributed by atoms with van der Waals surface area (Å²) in [6, 6.07) is 1.29. The maximum absolute atomic E-state index is 11.8. The van der Waals surface area contributed by atoms with Crippen LogP contribution in [0.3, 0.4) is 0 Å². The van der Waals surface area contributed by atoms with E-state index in [1.807, 2.05) is 0 Å². The van der Waals surface area contributed by atoms with Crippen molar-refractivity contribution in [3.63, 3.8) is 0 Å². The van der Waals surface area contributed by atoms with Crippen LogP contribution < -0.4 is 11.1 Å². The van der Waals surface area contributed by atoms with E-state index in [0.717, 1.165) is 0 Å². The molecule has 7 heteroatoms. The van der Waals surface area contributed by atoms with Crippen molar-refractivity contribution in [3.8, 4) is 0 Å². The molecule has 14 heavy (non-hydrogen) atoms. The molecular formula is C7H7ClF3N3. The first-order chi connectivity index (χ1) is 6.38. The third kappa shape index (κ3) is 3.29. The van der Waals surface area contributed by atoms with Crippen LogP contribution in [0.1, 0.15) is 0 Å². The number of nitrogens with zero attached hydrogens (tertiary/aromatic N) is 1. The topological polar surface area (TPSA) is 50.9 Å². The summed E-state index contributed by atoms with van der Waals surface area (Å²) in [5.74, 6) is -0.0151. The molecule has 1 aromatic heterocycles. The lowest BCUT2D eigenvalue weighted by molar-refractivity contribution is -0.115. The highest BCUT2D eigenvalue weighted by Crippen LogP contribution is 2.22. The summed E-state index contributed by atoms with van der Waals surface area (Å²) in [7, 11) is 0. The fourth-order valence-electron chi connectivity index (χ4n) is 0.787. The molecule has 0 saturated heterocycles. The maximum Gasteiger partial charge on any atom is 0.405 e. The van der Waals surface area contributed by atoms with Gasteiger partial charge in [0.25, 0.3) is 0 Å². The zero-order valence-electron chi connectivity index (χ0n) is 6.90. The fourth-order valence-corrected chi connectivity index (χ4v) is 0.945. The minimum absolute atomic E-state index is 0.0151. The quantitative estimate of drug-likeness (QED) is 0.812. The number of anilines is 2. The lowest BCUT2D eigenvalue weighted by Gasteiger charge is -2.10. The van der Waals surface area contributed by atoms with Crippen molar-refractivity contribution in [1.29, 1.82) is 0 Å². The SMILES string of the molecule is Nc1ncc(Cl)cc1NCC(F)(F)F. The van der Waals surface area contributed by atoms with Crippen molar-refractivity contribution < 1.29 is 13.2 Å². The highest BCUT2D eigenvalue weighted by atomic mass is 35.5. The standard InChI is InChI=1S/C7H7ClF3N3/c8-4-1-5(6(12)13-2-4)14-3-7(9,10)11/h1-2,14H,3H2,(H2,12,13). The van der Waals surface area contributed by atoms with Crippen LogP contribution in [0.2, 0.25) is 5.02 Å². The van der Waals surface area contributed by atoms with Gasteiger partial charge in [0.2, 0.25) is 0 Å². The molecule has 0 aliphatic rings. The molecule has 3 nitrogen and oxygen atoms in total. The average Bonchev–Trinajstić information content (AvgIpc) is 2.05. The first kappa shape index (κ1) is 10.9. The number of pyridine rings is 1. The van der Waals surface area contributed by atoms with Gasteiger partial charge in [0.05, 0.1) is 10.7 Å². The van der Waals surface area contributed by atoms with E-state index >= 15 is 0 Å². The first-order valence-corrected chi connectivity index (χ1v) is 3.98. The molecule has 0 aromatic carbocycles. The van der Waals surface area contributed by atoms with Gasteiger partial charge in [-0.15, -0.1) is 0 Å². The van der Waals surface area contributed by atoms with E-state index in [-0.39, 0.29) is 16.5 Å². The van der Waals surface area contributed by atoms with Crippen LogP contribution in [0, 0.1) is 0 Å². The molecule has 0 aliphatic heterocycles. The Morgan fingerprint density at radius 3 is 2.71 bits per heavy atom. The van der Waals surface area contributed by atoms with E-state index in [1.165, 1.54) is 12.3 Å². The van der Waals surface area contributed by atoms with Crippen molar-refractivity contribution in [3.05, 3.63) is 17.3 Å². The largest absolute Gasteiger partial charge is 0.405 e. The van der Waals surface area contributed by atoms with Crippen molar-refractivity contribution in [2.75, 3.05) is 17.6 Å². The molecule has 0 saturated carbocycles. The molecular weight excluding hydrogens is 219 g/mol. The summed E-state index contributed by atoms with van der Waals surface area (Å²) in [5, 5.41) is 2.32. The van der Waals surface area contributed by atoms with Crippen molar-refractivity contribution in [2.24, 2.45) is 0 Å². The number of nitrogens with two attached hydrogens (primary N) is 1. The summed E-state index contributed by atoms with van der Waals surface area (Å²) in [6.45, 7) is -1.17. The Bertz CT molecular complexity index is 326. The van der Waals surface area contributed by atoms with Crippen LogP contribution in [-0.2, 0) is 0 Å². The summed E-state index contributed by atoms with van der Waals surface area (Å²) in [6.07, 6.45) is -3.04. The van der Waals surface area contributed by atoms with Crippen LogP contribution >= 0.6 is 11.6 Å². The molecule has 0 bridgehead atoms. The molecule has 0 amide bonds. The Kier molecular flexibility index (Phi) is 3.05. The fraction of sp³-hybridized carbons (Fsp3) is 0.286. The second kappa shape index (κ2) is 3.91. The van der Waals surface area contributed by atoms with Gasteiger partial charge in [-0.05, 0) is 6.07 Å². The lowest BCUT2D eigenvalue weighted by Crippen LogP contribution is -2.21. The van der Waals surface area contributed by atoms with Gasteiger partial charge in [0.1, 0.15) is 12.4 Å². The van der Waals surface area contributed by atoms with E-state index < -0.39 is 12.7 Å². The third-order valence-electron chi connectivity index (χ3n) is 1.36. The second-order valence-corrected chi connectivity index (χ2v) is 2.99. The summed E-state index contributed by atoms with van der Waals surface area (Å²) < 4.78 is 35.5. The summed E-state index contributed by atoms with van der Waals surface area (Å²) >= 11 is 5.53. The molecule has 0 radical (unpaired) electrons. The van der Waals surface area contributed by atoms with E-state index in [4.69, 9.17) is 17.3 Å². The van der Waals surface area contributed by atoms with Gasteiger partial charge in [-0.2, -0.15) is 13.2 Å². The molecule has 0 unspecified atom stereocenters. The number of nitrogen functional groups attached to an aromatic ring is 1. The van der Waals surface area contributed by atoms with Gasteiger partial charge >= 0.3 is 6.18 Å². The van der Waals surface area contributed by atoms with Crippen LogP contribution in [0.4, 0.5) is 24.7 Å². The Morgan fingerprint density at radius 1 is 1.50 bits per heavy atom. The Labute approximate surface area is 83.1 Å². The predicted octanol–water partition coefficient (Wildman–Crippen LogP) is 2.29. The Morgan fingerprint density at radius 2 is 2.14 bits per heavy atom. The minimum atomic E-state index is -4.30. The van der Waals surface area contributed by atoms with Gasteiger partial charge in [-0.1, -0.05) is 11.6 Å². The lowest BCUT2D eigenvalue weighted by atomic mass is 10.4. The molecule has 1 rings (SSSR count). The average molecular weight is 226 g/mol. The molecule has 0 aliphatic carbocycles. The molecule has 0 atom stereocenters. The van der Waals surface area contributed by atoms with Gasteiger partial charge in [-0.25, -0.2) is 4.98 Å². The van der Waals surface area contributed by atoms with E-state index in [0.29, 0.717) is 0 Å². The van der Waals surface area contributed by atoms with Crippen LogP contribution in [-0.4, -0.2) is 17.7 Å². The maximum atomic E-state index is 11.8. The first-order valence-electron chi connectivity index (χ1n) is 3.60. The number of nitrogens with one attached hydrogen (secondary N) is 1. The van der Waals surface area contributed by atoms with Gasteiger partial charge < -0.3 is 11.1 Å². The number of halogens is 4. The predicted molar refractivity (Wildman–Crippen MR) is 48.2 cm³/mol. The number of aromatic nitrogens is 1. The third-order valence-corrected chi connectivity index (χ3v) is 1.57. The number of rotatable bonds is 2. The Hall–Kier alpha value is -1.17. The van der Waals surface area contributed by atoms with Gasteiger partial charge in [-0.3, -0.25) is 0 Å². The number of hydrogen-bond acceptors (Lipinski definition) is 3. The molecule has 0 fully saturated rings. The van der Waals surface area contributed by atoms with E-state index in [9.17, 15) is 13.2 Å². The molecule has 3 N–H and O–H groups in total. The van der Waals surface area contributed by atoms with Crippen molar-refractivity contribution >= 4 is 23.1 Å². The summed E-state index contributed by atoms with van der Waals surface area (Å²) in [5.41, 5.74) is 5.40. The second-order valence-electron chi connectivity index (χ2n) is 2.56. The van der Waals surface area contributed by atoms with Gasteiger partial charge in [0.15, 0.2) is 0 Å². The number of alkyl halides is 3. The van der Waals surface area contributed by atoms with Crippen molar-refractivity contribution in [1.82, 2.24) is 4.98 Å². The molecule has 78 valence electrons. The normalized spacial score (nSPS) is 11.4. The smallest absolute Gasteiger partial charge is 0.382 e. The van der Waals surface area contributed by atoms with Crippen LogP contribution in [0.5, 0.6) is 0 Å². The summed E-state index contributed by atoms with van der Waals surface area (Å²) in [4.78, 5) is 3.60. The van der Waals surface area contributed by atoms with Gasteiger partial charge in [0, 0.05) is 6.20 Å². The highest BCUT2D eigenvalue weighted by Gasteiger charge is 2.26. The molecule has 0 spiro atoms. The highest BCUT2D eigenvalue weighted by molar-refractivity contribution is 6.30. The van der Waals surface area contributed by atoms with Crippen LogP contribution in [0.15, 0.2) is 12.3 Å². The minimum Gasteiger partial charge on any atom is -0.382 e.